The number of nitro benzene ring substituents is 1. The molecular weight excluding hydrogens is 336 g/mol. The maximum absolute atomic E-state index is 11.1. The molecule has 0 saturated carbocycles. The van der Waals surface area contributed by atoms with Crippen LogP contribution in [-0.4, -0.2) is 4.92 Å². The molecular formula is C15H15BrN2O3. The second-order valence-electron chi connectivity index (χ2n) is 4.56. The topological polar surface area (TPSA) is 78.4 Å². The summed E-state index contributed by atoms with van der Waals surface area (Å²) in [6, 6.07) is 11.9. The minimum absolute atomic E-state index is 0.0755. The van der Waals surface area contributed by atoms with Crippen LogP contribution in [-0.2, 0) is 0 Å². The lowest BCUT2D eigenvalue weighted by atomic mass is 10.1. The van der Waals surface area contributed by atoms with Crippen molar-refractivity contribution in [3.05, 3.63) is 62.6 Å². The van der Waals surface area contributed by atoms with Gasteiger partial charge >= 0.3 is 5.69 Å². The van der Waals surface area contributed by atoms with Crippen molar-refractivity contribution in [3.63, 3.8) is 0 Å². The molecule has 2 N–H and O–H groups in total. The summed E-state index contributed by atoms with van der Waals surface area (Å²) in [5.41, 5.74) is 6.84. The quantitative estimate of drug-likeness (QED) is 0.633. The van der Waals surface area contributed by atoms with Crippen LogP contribution < -0.4 is 10.5 Å². The van der Waals surface area contributed by atoms with Crippen molar-refractivity contribution in [1.29, 1.82) is 0 Å². The molecule has 5 nitrogen and oxygen atoms in total. The maximum Gasteiger partial charge on any atom is 0.312 e. The zero-order chi connectivity index (χ0) is 15.4. The van der Waals surface area contributed by atoms with Crippen LogP contribution in [0.25, 0.3) is 0 Å². The average Bonchev–Trinajstić information content (AvgIpc) is 2.48. The van der Waals surface area contributed by atoms with E-state index in [1.807, 2.05) is 19.1 Å². The van der Waals surface area contributed by atoms with Crippen molar-refractivity contribution < 1.29 is 9.66 Å². The Kier molecular flexibility index (Phi) is 4.93. The lowest BCUT2D eigenvalue weighted by Crippen LogP contribution is -2.08. The fourth-order valence-electron chi connectivity index (χ4n) is 1.89. The highest BCUT2D eigenvalue weighted by Gasteiger charge is 2.16. The molecule has 0 radical (unpaired) electrons. The fraction of sp³-hybridized carbons (Fsp3) is 0.200. The van der Waals surface area contributed by atoms with E-state index in [0.717, 1.165) is 12.0 Å². The molecule has 1 atom stereocenters. The van der Waals surface area contributed by atoms with E-state index in [4.69, 9.17) is 10.5 Å². The van der Waals surface area contributed by atoms with Gasteiger partial charge in [-0.15, -0.1) is 0 Å². The number of halogens is 1. The number of nitrogens with two attached hydrogens (primary N) is 1. The molecule has 0 amide bonds. The number of hydrogen-bond acceptors (Lipinski definition) is 4. The molecule has 0 saturated heterocycles. The van der Waals surface area contributed by atoms with Gasteiger partial charge in [-0.1, -0.05) is 35.0 Å². The molecule has 0 aliphatic heterocycles. The normalized spacial score (nSPS) is 12.0. The highest BCUT2D eigenvalue weighted by molar-refractivity contribution is 9.10. The predicted octanol–water partition coefficient (Wildman–Crippen LogP) is 4.56. The van der Waals surface area contributed by atoms with E-state index in [1.54, 1.807) is 24.3 Å². The summed E-state index contributed by atoms with van der Waals surface area (Å²) in [5.74, 6) is 0.729. The summed E-state index contributed by atoms with van der Waals surface area (Å²) < 4.78 is 6.27. The van der Waals surface area contributed by atoms with Crippen LogP contribution in [0.1, 0.15) is 24.9 Å². The Bertz CT molecular complexity index is 661. The number of ether oxygens (including phenoxy) is 1. The van der Waals surface area contributed by atoms with E-state index in [1.165, 1.54) is 6.07 Å². The Morgan fingerprint density at radius 3 is 2.76 bits per heavy atom. The van der Waals surface area contributed by atoms with Crippen LogP contribution in [0.2, 0.25) is 0 Å². The summed E-state index contributed by atoms with van der Waals surface area (Å²) in [5, 5.41) is 11.1. The second-order valence-corrected chi connectivity index (χ2v) is 5.47. The van der Waals surface area contributed by atoms with Crippen LogP contribution >= 0.6 is 15.9 Å². The molecule has 0 bridgehead atoms. The van der Waals surface area contributed by atoms with Gasteiger partial charge in [0, 0.05) is 16.6 Å². The first-order valence-corrected chi connectivity index (χ1v) is 7.28. The number of rotatable bonds is 5. The molecule has 6 heteroatoms. The van der Waals surface area contributed by atoms with Gasteiger partial charge in [0.15, 0.2) is 0 Å². The second kappa shape index (κ2) is 6.69. The summed E-state index contributed by atoms with van der Waals surface area (Å²) in [7, 11) is 0. The van der Waals surface area contributed by atoms with Crippen molar-refractivity contribution in [2.45, 2.75) is 19.4 Å². The van der Waals surface area contributed by atoms with Crippen LogP contribution in [0, 0.1) is 10.1 Å². The van der Waals surface area contributed by atoms with Gasteiger partial charge in [0.2, 0.25) is 5.75 Å². The first-order valence-electron chi connectivity index (χ1n) is 6.48. The van der Waals surface area contributed by atoms with Crippen LogP contribution in [0.4, 0.5) is 5.69 Å². The van der Waals surface area contributed by atoms with Crippen molar-refractivity contribution in [1.82, 2.24) is 0 Å². The van der Waals surface area contributed by atoms with E-state index in [-0.39, 0.29) is 17.5 Å². The van der Waals surface area contributed by atoms with Gasteiger partial charge in [0.05, 0.1) is 4.92 Å². The molecule has 110 valence electrons. The Hall–Kier alpha value is -1.92. The van der Waals surface area contributed by atoms with Crippen LogP contribution in [0.3, 0.4) is 0 Å². The number of benzene rings is 2. The van der Waals surface area contributed by atoms with E-state index >= 15 is 0 Å². The van der Waals surface area contributed by atoms with Crippen LogP contribution in [0.15, 0.2) is 46.9 Å². The number of nitro groups is 1. The standard InChI is InChI=1S/C15H15BrN2O3/c1-2-13(17)10-4-3-5-12(8-10)21-15-7-6-11(16)9-14(15)18(19)20/h3-9,13H,2,17H2,1H3. The molecule has 0 aliphatic carbocycles. The smallest absolute Gasteiger partial charge is 0.312 e. The largest absolute Gasteiger partial charge is 0.450 e. The van der Waals surface area contributed by atoms with E-state index in [9.17, 15) is 10.1 Å². The molecule has 2 rings (SSSR count). The van der Waals surface area contributed by atoms with Crippen LogP contribution in [0.5, 0.6) is 11.5 Å². The Morgan fingerprint density at radius 1 is 1.33 bits per heavy atom. The monoisotopic (exact) mass is 350 g/mol. The maximum atomic E-state index is 11.1. The van der Waals surface area contributed by atoms with Gasteiger partial charge in [0.25, 0.3) is 0 Å². The fourth-order valence-corrected chi connectivity index (χ4v) is 2.24. The van der Waals surface area contributed by atoms with Gasteiger partial charge in [-0.25, -0.2) is 0 Å². The van der Waals surface area contributed by atoms with Gasteiger partial charge in [-0.05, 0) is 36.2 Å². The summed E-state index contributed by atoms with van der Waals surface area (Å²) in [4.78, 5) is 10.6. The summed E-state index contributed by atoms with van der Waals surface area (Å²) in [6.07, 6.45) is 0.807. The minimum atomic E-state index is -0.471. The third-order valence-corrected chi connectivity index (χ3v) is 3.56. The number of hydrogen-bond donors (Lipinski definition) is 1. The van der Waals surface area contributed by atoms with E-state index < -0.39 is 4.92 Å². The lowest BCUT2D eigenvalue weighted by Gasteiger charge is -2.12. The Labute approximate surface area is 131 Å². The summed E-state index contributed by atoms with van der Waals surface area (Å²) in [6.45, 7) is 2.00. The Balaban J connectivity index is 2.32. The van der Waals surface area contributed by atoms with Gasteiger partial charge in [-0.3, -0.25) is 10.1 Å². The lowest BCUT2D eigenvalue weighted by molar-refractivity contribution is -0.385. The molecule has 0 heterocycles. The highest BCUT2D eigenvalue weighted by atomic mass is 79.9. The SMILES string of the molecule is CCC(N)c1cccc(Oc2ccc(Br)cc2[N+](=O)[O-])c1. The molecule has 0 aromatic heterocycles. The van der Waals surface area contributed by atoms with Gasteiger partial charge in [0.1, 0.15) is 5.75 Å². The van der Waals surface area contributed by atoms with E-state index in [0.29, 0.717) is 10.2 Å². The molecule has 2 aromatic carbocycles. The average molecular weight is 351 g/mol. The van der Waals surface area contributed by atoms with Crippen molar-refractivity contribution in [2.24, 2.45) is 5.73 Å². The minimum Gasteiger partial charge on any atom is -0.450 e. The predicted molar refractivity (Wildman–Crippen MR) is 84.5 cm³/mol. The first kappa shape index (κ1) is 15.5. The first-order chi connectivity index (χ1) is 10.0. The molecule has 0 fully saturated rings. The molecule has 1 unspecified atom stereocenters. The van der Waals surface area contributed by atoms with Gasteiger partial charge in [-0.2, -0.15) is 0 Å². The van der Waals surface area contributed by atoms with E-state index in [2.05, 4.69) is 15.9 Å². The Morgan fingerprint density at radius 2 is 2.10 bits per heavy atom. The number of nitrogens with zero attached hydrogens (tertiary/aromatic N) is 1. The third-order valence-electron chi connectivity index (χ3n) is 3.07. The molecule has 0 spiro atoms. The molecule has 21 heavy (non-hydrogen) atoms. The third kappa shape index (κ3) is 3.80. The zero-order valence-electron chi connectivity index (χ0n) is 11.5. The molecule has 0 aliphatic rings. The van der Waals surface area contributed by atoms with Crippen molar-refractivity contribution in [3.8, 4) is 11.5 Å². The van der Waals surface area contributed by atoms with Crippen molar-refractivity contribution >= 4 is 21.6 Å². The highest BCUT2D eigenvalue weighted by Crippen LogP contribution is 2.34. The zero-order valence-corrected chi connectivity index (χ0v) is 13.0. The summed E-state index contributed by atoms with van der Waals surface area (Å²) >= 11 is 3.21. The van der Waals surface area contributed by atoms with Crippen molar-refractivity contribution in [2.75, 3.05) is 0 Å². The van der Waals surface area contributed by atoms with Gasteiger partial charge < -0.3 is 10.5 Å². The molecule has 2 aromatic rings.